The summed E-state index contributed by atoms with van der Waals surface area (Å²) in [6.07, 6.45) is 0.906. The number of ether oxygens (including phenoxy) is 1. The van der Waals surface area contributed by atoms with E-state index in [-0.39, 0.29) is 5.56 Å². The van der Waals surface area contributed by atoms with Crippen LogP contribution >= 0.6 is 27.3 Å². The van der Waals surface area contributed by atoms with Crippen molar-refractivity contribution in [2.24, 2.45) is 0 Å². The fourth-order valence-corrected chi connectivity index (χ4v) is 2.57. The van der Waals surface area contributed by atoms with Crippen molar-refractivity contribution in [2.45, 2.75) is 20.0 Å². The Hall–Kier alpha value is -1.40. The molecule has 100 valence electrons. The van der Waals surface area contributed by atoms with Crippen LogP contribution in [0.4, 0.5) is 0 Å². The van der Waals surface area contributed by atoms with Gasteiger partial charge in [-0.15, -0.1) is 11.3 Å². The van der Waals surface area contributed by atoms with Crippen molar-refractivity contribution in [3.8, 4) is 5.75 Å². The van der Waals surface area contributed by atoms with Crippen LogP contribution in [0.3, 0.4) is 0 Å². The second kappa shape index (κ2) is 6.16. The Kier molecular flexibility index (Phi) is 4.55. The summed E-state index contributed by atoms with van der Waals surface area (Å²) in [4.78, 5) is 15.3. The highest BCUT2D eigenvalue weighted by molar-refractivity contribution is 9.10. The van der Waals surface area contributed by atoms with E-state index in [9.17, 15) is 4.79 Å². The minimum atomic E-state index is -0.973. The van der Waals surface area contributed by atoms with Gasteiger partial charge in [-0.1, -0.05) is 6.92 Å². The van der Waals surface area contributed by atoms with Crippen molar-refractivity contribution < 1.29 is 14.6 Å². The number of thiazole rings is 1. The number of rotatable bonds is 5. The average molecular weight is 342 g/mol. The van der Waals surface area contributed by atoms with Crippen molar-refractivity contribution in [2.75, 3.05) is 0 Å². The molecule has 0 aliphatic rings. The van der Waals surface area contributed by atoms with E-state index in [1.54, 1.807) is 17.4 Å². The summed E-state index contributed by atoms with van der Waals surface area (Å²) in [5.74, 6) is -0.467. The van der Waals surface area contributed by atoms with E-state index in [4.69, 9.17) is 9.84 Å². The summed E-state index contributed by atoms with van der Waals surface area (Å²) < 4.78 is 6.33. The van der Waals surface area contributed by atoms with E-state index in [0.29, 0.717) is 12.4 Å². The van der Waals surface area contributed by atoms with Crippen LogP contribution in [0.5, 0.6) is 5.75 Å². The summed E-state index contributed by atoms with van der Waals surface area (Å²) in [6.45, 7) is 2.38. The first-order valence-electron chi connectivity index (χ1n) is 5.69. The molecule has 0 saturated heterocycles. The maximum Gasteiger partial charge on any atom is 0.335 e. The van der Waals surface area contributed by atoms with Gasteiger partial charge in [0, 0.05) is 5.38 Å². The zero-order valence-electron chi connectivity index (χ0n) is 10.2. The maximum atomic E-state index is 10.9. The molecule has 19 heavy (non-hydrogen) atoms. The largest absolute Gasteiger partial charge is 0.486 e. The van der Waals surface area contributed by atoms with Crippen molar-refractivity contribution in [1.82, 2.24) is 4.98 Å². The minimum Gasteiger partial charge on any atom is -0.486 e. The van der Waals surface area contributed by atoms with Crippen molar-refractivity contribution >= 4 is 33.2 Å². The second-order valence-electron chi connectivity index (χ2n) is 3.83. The van der Waals surface area contributed by atoms with E-state index in [1.807, 2.05) is 5.38 Å². The number of hydrogen-bond acceptors (Lipinski definition) is 4. The second-order valence-corrected chi connectivity index (χ2v) is 5.62. The number of nitrogens with zero attached hydrogens (tertiary/aromatic N) is 1. The fourth-order valence-electron chi connectivity index (χ4n) is 1.48. The summed E-state index contributed by atoms with van der Waals surface area (Å²) in [5, 5.41) is 12.0. The number of benzene rings is 1. The third kappa shape index (κ3) is 3.54. The molecule has 1 aromatic heterocycles. The number of carboxylic acids is 1. The van der Waals surface area contributed by atoms with E-state index in [1.165, 1.54) is 12.1 Å². The zero-order chi connectivity index (χ0) is 13.8. The third-order valence-corrected chi connectivity index (χ3v) is 4.15. The van der Waals surface area contributed by atoms with Gasteiger partial charge in [-0.3, -0.25) is 0 Å². The van der Waals surface area contributed by atoms with Gasteiger partial charge in [-0.05, 0) is 40.5 Å². The highest BCUT2D eigenvalue weighted by atomic mass is 79.9. The molecule has 2 rings (SSSR count). The van der Waals surface area contributed by atoms with Crippen LogP contribution in [0.25, 0.3) is 0 Å². The molecule has 0 unspecified atom stereocenters. The lowest BCUT2D eigenvalue weighted by Gasteiger charge is -2.07. The Morgan fingerprint density at radius 2 is 2.32 bits per heavy atom. The Labute approximate surface area is 123 Å². The smallest absolute Gasteiger partial charge is 0.335 e. The molecule has 1 N–H and O–H groups in total. The van der Waals surface area contributed by atoms with Crippen molar-refractivity contribution in [3.63, 3.8) is 0 Å². The van der Waals surface area contributed by atoms with Crippen LogP contribution < -0.4 is 4.74 Å². The van der Waals surface area contributed by atoms with E-state index in [0.717, 1.165) is 21.6 Å². The van der Waals surface area contributed by atoms with Crippen LogP contribution in [-0.4, -0.2) is 16.1 Å². The Morgan fingerprint density at radius 3 is 2.95 bits per heavy atom. The van der Waals surface area contributed by atoms with Gasteiger partial charge < -0.3 is 9.84 Å². The summed E-state index contributed by atoms with van der Waals surface area (Å²) in [5.41, 5.74) is 1.06. The van der Waals surface area contributed by atoms with Gasteiger partial charge in [0.2, 0.25) is 0 Å². The molecule has 1 heterocycles. The molecule has 0 amide bonds. The molecule has 0 atom stereocenters. The van der Waals surface area contributed by atoms with Crippen LogP contribution in [0.1, 0.15) is 28.0 Å². The van der Waals surface area contributed by atoms with Crippen LogP contribution in [0.15, 0.2) is 28.1 Å². The molecule has 1 aromatic carbocycles. The summed E-state index contributed by atoms with van der Waals surface area (Å²) >= 11 is 4.94. The molecule has 0 saturated carbocycles. The summed E-state index contributed by atoms with van der Waals surface area (Å²) in [7, 11) is 0. The summed E-state index contributed by atoms with van der Waals surface area (Å²) in [6, 6.07) is 4.69. The standard InChI is InChI=1S/C13H12BrNO3S/c1-2-12-15-9(7-19-12)6-18-11-5-8(13(16)17)3-4-10(11)14/h3-5,7H,2,6H2,1H3,(H,16,17). The number of carbonyl (C=O) groups is 1. The number of aryl methyl sites for hydroxylation is 1. The molecule has 0 bridgehead atoms. The van der Waals surface area contributed by atoms with Gasteiger partial charge in [0.15, 0.2) is 0 Å². The molecule has 0 radical (unpaired) electrons. The predicted octanol–water partition coefficient (Wildman–Crippen LogP) is 3.75. The van der Waals surface area contributed by atoms with Crippen LogP contribution in [-0.2, 0) is 13.0 Å². The number of halogens is 1. The maximum absolute atomic E-state index is 10.9. The SMILES string of the molecule is CCc1nc(COc2cc(C(=O)O)ccc2Br)cs1. The molecule has 0 aliphatic heterocycles. The van der Waals surface area contributed by atoms with Crippen LogP contribution in [0.2, 0.25) is 0 Å². The molecular formula is C13H12BrNO3S. The number of aromatic carboxylic acids is 1. The molecular weight excluding hydrogens is 330 g/mol. The number of hydrogen-bond donors (Lipinski definition) is 1. The third-order valence-electron chi connectivity index (χ3n) is 2.46. The molecule has 2 aromatic rings. The van der Waals surface area contributed by atoms with Gasteiger partial charge in [-0.25, -0.2) is 9.78 Å². The monoisotopic (exact) mass is 341 g/mol. The lowest BCUT2D eigenvalue weighted by atomic mass is 10.2. The molecule has 4 nitrogen and oxygen atoms in total. The van der Waals surface area contributed by atoms with Crippen molar-refractivity contribution in [1.29, 1.82) is 0 Å². The first-order valence-corrected chi connectivity index (χ1v) is 7.36. The first-order chi connectivity index (χ1) is 9.10. The van der Waals surface area contributed by atoms with E-state index >= 15 is 0 Å². The Bertz CT molecular complexity index is 597. The zero-order valence-corrected chi connectivity index (χ0v) is 12.6. The molecule has 0 fully saturated rings. The van der Waals surface area contributed by atoms with Gasteiger partial charge >= 0.3 is 5.97 Å². The topological polar surface area (TPSA) is 59.4 Å². The fraction of sp³-hybridized carbons (Fsp3) is 0.231. The first kappa shape index (κ1) is 14.0. The van der Waals surface area contributed by atoms with Gasteiger partial charge in [-0.2, -0.15) is 0 Å². The van der Waals surface area contributed by atoms with Gasteiger partial charge in [0.1, 0.15) is 12.4 Å². The number of carboxylic acid groups (broad SMARTS) is 1. The minimum absolute atomic E-state index is 0.200. The lowest BCUT2D eigenvalue weighted by Crippen LogP contribution is -2.00. The Balaban J connectivity index is 2.10. The Morgan fingerprint density at radius 1 is 1.53 bits per heavy atom. The van der Waals surface area contributed by atoms with E-state index in [2.05, 4.69) is 27.8 Å². The quantitative estimate of drug-likeness (QED) is 0.899. The number of aromatic nitrogens is 1. The normalized spacial score (nSPS) is 10.4. The lowest BCUT2D eigenvalue weighted by molar-refractivity contribution is 0.0696. The molecule has 0 aliphatic carbocycles. The van der Waals surface area contributed by atoms with Gasteiger partial charge in [0.05, 0.1) is 20.7 Å². The highest BCUT2D eigenvalue weighted by Crippen LogP contribution is 2.27. The molecule has 0 spiro atoms. The van der Waals surface area contributed by atoms with Gasteiger partial charge in [0.25, 0.3) is 0 Å². The highest BCUT2D eigenvalue weighted by Gasteiger charge is 2.09. The average Bonchev–Trinajstić information content (AvgIpc) is 2.85. The predicted molar refractivity (Wildman–Crippen MR) is 76.9 cm³/mol. The van der Waals surface area contributed by atoms with Crippen molar-refractivity contribution in [3.05, 3.63) is 44.3 Å². The molecule has 6 heteroatoms. The van der Waals surface area contributed by atoms with Crippen LogP contribution in [0, 0.1) is 0 Å². The van der Waals surface area contributed by atoms with E-state index < -0.39 is 5.97 Å².